The normalized spacial score (nSPS) is 17.1. The maximum Gasteiger partial charge on any atom is 0.336 e. The van der Waals surface area contributed by atoms with E-state index in [1.54, 1.807) is 13.0 Å². The summed E-state index contributed by atoms with van der Waals surface area (Å²) in [6.07, 6.45) is 0.311. The molecule has 1 aliphatic heterocycles. The first kappa shape index (κ1) is 14.7. The van der Waals surface area contributed by atoms with Gasteiger partial charge in [-0.15, -0.1) is 0 Å². The summed E-state index contributed by atoms with van der Waals surface area (Å²) in [5.41, 5.74) is 1.04. The smallest absolute Gasteiger partial charge is 0.336 e. The second-order valence-corrected chi connectivity index (χ2v) is 5.70. The van der Waals surface area contributed by atoms with E-state index < -0.39 is 11.8 Å². The molecule has 0 bridgehead atoms. The molecule has 1 aromatic heterocycles. The van der Waals surface area contributed by atoms with Crippen molar-refractivity contribution in [3.05, 3.63) is 44.5 Å². The number of aliphatic hydroxyl groups is 1. The number of aromatic hydroxyl groups is 1. The standard InChI is InChI=1S/C15H14ClN3O3/c1-8-10(5-4-9(7-17)12(8)16)19-14(21)13-11(20)3-2-6-18(13)15(19)22/h4-5,11,20-21H,2-3,6H2,1H3/t11-/m0/s1. The Morgan fingerprint density at radius 2 is 2.18 bits per heavy atom. The van der Waals surface area contributed by atoms with E-state index in [4.69, 9.17) is 16.9 Å². The fourth-order valence-electron chi connectivity index (χ4n) is 2.89. The maximum absolute atomic E-state index is 12.5. The van der Waals surface area contributed by atoms with Gasteiger partial charge in [0.2, 0.25) is 5.88 Å². The number of hydrogen-bond donors (Lipinski definition) is 2. The number of nitrogens with zero attached hydrogens (tertiary/aromatic N) is 3. The summed E-state index contributed by atoms with van der Waals surface area (Å²) in [5, 5.41) is 29.7. The number of aromatic nitrogens is 2. The van der Waals surface area contributed by atoms with Crippen LogP contribution in [0.15, 0.2) is 16.9 Å². The van der Waals surface area contributed by atoms with Gasteiger partial charge in [-0.2, -0.15) is 5.26 Å². The third-order valence-electron chi connectivity index (χ3n) is 4.05. The highest BCUT2D eigenvalue weighted by Gasteiger charge is 2.29. The summed E-state index contributed by atoms with van der Waals surface area (Å²) in [6, 6.07) is 5.05. The number of hydrogen-bond acceptors (Lipinski definition) is 4. The highest BCUT2D eigenvalue weighted by Crippen LogP contribution is 2.34. The number of rotatable bonds is 1. The summed E-state index contributed by atoms with van der Waals surface area (Å²) in [6.45, 7) is 2.13. The molecule has 0 aliphatic carbocycles. The zero-order valence-corrected chi connectivity index (χ0v) is 12.6. The fraction of sp³-hybridized carbons (Fsp3) is 0.333. The van der Waals surface area contributed by atoms with Crippen LogP contribution in [0.3, 0.4) is 0 Å². The van der Waals surface area contributed by atoms with Crippen LogP contribution in [-0.4, -0.2) is 19.3 Å². The van der Waals surface area contributed by atoms with Crippen LogP contribution >= 0.6 is 11.6 Å². The summed E-state index contributed by atoms with van der Waals surface area (Å²) >= 11 is 6.13. The van der Waals surface area contributed by atoms with E-state index in [1.165, 1.54) is 10.6 Å². The number of fused-ring (bicyclic) bond motifs is 1. The molecule has 2 heterocycles. The van der Waals surface area contributed by atoms with Crippen molar-refractivity contribution in [2.75, 3.05) is 0 Å². The van der Waals surface area contributed by atoms with E-state index in [1.807, 2.05) is 6.07 Å². The number of nitriles is 1. The first-order chi connectivity index (χ1) is 10.5. The Morgan fingerprint density at radius 3 is 2.82 bits per heavy atom. The van der Waals surface area contributed by atoms with Crippen molar-refractivity contribution in [1.82, 2.24) is 9.13 Å². The average Bonchev–Trinajstić information content (AvgIpc) is 2.75. The van der Waals surface area contributed by atoms with Crippen molar-refractivity contribution in [2.45, 2.75) is 32.4 Å². The van der Waals surface area contributed by atoms with Gasteiger partial charge in [0.15, 0.2) is 0 Å². The third-order valence-corrected chi connectivity index (χ3v) is 4.54. The largest absolute Gasteiger partial charge is 0.493 e. The molecule has 22 heavy (non-hydrogen) atoms. The van der Waals surface area contributed by atoms with E-state index in [-0.39, 0.29) is 16.6 Å². The summed E-state index contributed by atoms with van der Waals surface area (Å²) in [7, 11) is 0. The minimum atomic E-state index is -0.864. The molecule has 3 rings (SSSR count). The molecule has 6 nitrogen and oxygen atoms in total. The van der Waals surface area contributed by atoms with Crippen molar-refractivity contribution in [3.8, 4) is 17.6 Å². The first-order valence-electron chi connectivity index (χ1n) is 6.89. The Morgan fingerprint density at radius 1 is 1.45 bits per heavy atom. The molecule has 2 aromatic rings. The first-order valence-corrected chi connectivity index (χ1v) is 7.27. The van der Waals surface area contributed by atoms with Gasteiger partial charge in [-0.1, -0.05) is 11.6 Å². The zero-order chi connectivity index (χ0) is 16.0. The van der Waals surface area contributed by atoms with Crippen LogP contribution in [0.25, 0.3) is 5.69 Å². The topological polar surface area (TPSA) is 91.2 Å². The molecule has 2 N–H and O–H groups in total. The highest BCUT2D eigenvalue weighted by molar-refractivity contribution is 6.32. The molecule has 0 unspecified atom stereocenters. The van der Waals surface area contributed by atoms with Gasteiger partial charge in [0.25, 0.3) is 0 Å². The van der Waals surface area contributed by atoms with Crippen LogP contribution in [0.5, 0.6) is 5.88 Å². The molecule has 1 aliphatic rings. The lowest BCUT2D eigenvalue weighted by atomic mass is 10.1. The number of aliphatic hydroxyl groups excluding tert-OH is 1. The van der Waals surface area contributed by atoms with E-state index in [0.29, 0.717) is 36.2 Å². The van der Waals surface area contributed by atoms with Crippen LogP contribution in [0.4, 0.5) is 0 Å². The molecule has 0 saturated carbocycles. The van der Waals surface area contributed by atoms with Gasteiger partial charge >= 0.3 is 5.69 Å². The predicted molar refractivity (Wildman–Crippen MR) is 80.3 cm³/mol. The van der Waals surface area contributed by atoms with Gasteiger partial charge in [0.05, 0.1) is 22.4 Å². The van der Waals surface area contributed by atoms with Gasteiger partial charge in [-0.3, -0.25) is 4.57 Å². The van der Waals surface area contributed by atoms with Crippen LogP contribution in [0, 0.1) is 18.3 Å². The van der Waals surface area contributed by atoms with Crippen molar-refractivity contribution in [1.29, 1.82) is 5.26 Å². The molecule has 1 atom stereocenters. The number of benzene rings is 1. The zero-order valence-electron chi connectivity index (χ0n) is 11.9. The van der Waals surface area contributed by atoms with Crippen molar-refractivity contribution >= 4 is 11.6 Å². The van der Waals surface area contributed by atoms with Crippen LogP contribution < -0.4 is 5.69 Å². The molecule has 0 radical (unpaired) electrons. The molecule has 1 aromatic carbocycles. The van der Waals surface area contributed by atoms with E-state index >= 15 is 0 Å². The average molecular weight is 320 g/mol. The fourth-order valence-corrected chi connectivity index (χ4v) is 3.10. The van der Waals surface area contributed by atoms with Gasteiger partial charge in [-0.25, -0.2) is 9.36 Å². The predicted octanol–water partition coefficient (Wildman–Crippen LogP) is 2.01. The van der Waals surface area contributed by atoms with Crippen LogP contribution in [0.1, 0.15) is 35.8 Å². The van der Waals surface area contributed by atoms with Crippen LogP contribution in [0.2, 0.25) is 5.02 Å². The van der Waals surface area contributed by atoms with E-state index in [0.717, 1.165) is 4.57 Å². The van der Waals surface area contributed by atoms with Crippen molar-refractivity contribution in [3.63, 3.8) is 0 Å². The minimum Gasteiger partial charge on any atom is -0.493 e. The maximum atomic E-state index is 12.5. The van der Waals surface area contributed by atoms with Gasteiger partial charge < -0.3 is 10.2 Å². The quantitative estimate of drug-likeness (QED) is 0.841. The lowest BCUT2D eigenvalue weighted by Crippen LogP contribution is -2.27. The Kier molecular flexibility index (Phi) is 3.47. The summed E-state index contributed by atoms with van der Waals surface area (Å²) in [5.74, 6) is -0.277. The van der Waals surface area contributed by atoms with E-state index in [9.17, 15) is 15.0 Å². The lowest BCUT2D eigenvalue weighted by molar-refractivity contribution is 0.134. The molecular formula is C15H14ClN3O3. The number of imidazole rings is 1. The summed E-state index contributed by atoms with van der Waals surface area (Å²) in [4.78, 5) is 12.5. The van der Waals surface area contributed by atoms with Crippen LogP contribution in [-0.2, 0) is 6.54 Å². The molecule has 7 heteroatoms. The van der Waals surface area contributed by atoms with Gasteiger partial charge in [0.1, 0.15) is 11.8 Å². The second kappa shape index (κ2) is 5.20. The molecule has 0 fully saturated rings. The van der Waals surface area contributed by atoms with Gasteiger partial charge in [-0.05, 0) is 37.5 Å². The Labute approximate surface area is 131 Å². The molecule has 114 valence electrons. The molecule has 0 spiro atoms. The Bertz CT molecular complexity index is 860. The Hall–Kier alpha value is -2.23. The third kappa shape index (κ3) is 1.94. The lowest BCUT2D eigenvalue weighted by Gasteiger charge is -2.18. The SMILES string of the molecule is Cc1c(-n2c(O)c3n(c2=O)CCC[C@@H]3O)ccc(C#N)c1Cl. The van der Waals surface area contributed by atoms with Gasteiger partial charge in [0, 0.05) is 6.54 Å². The number of halogens is 1. The molecular weight excluding hydrogens is 306 g/mol. The molecule has 0 amide bonds. The second-order valence-electron chi connectivity index (χ2n) is 5.32. The molecule has 0 saturated heterocycles. The minimum absolute atomic E-state index is 0.233. The van der Waals surface area contributed by atoms with Crippen molar-refractivity contribution < 1.29 is 10.2 Å². The summed E-state index contributed by atoms with van der Waals surface area (Å²) < 4.78 is 2.52. The Balaban J connectivity index is 2.30. The van der Waals surface area contributed by atoms with E-state index in [2.05, 4.69) is 0 Å². The van der Waals surface area contributed by atoms with Crippen molar-refractivity contribution in [2.24, 2.45) is 0 Å². The monoisotopic (exact) mass is 319 g/mol. The highest BCUT2D eigenvalue weighted by atomic mass is 35.5.